The number of amides is 1. The molecular weight excluding hydrogens is 311 g/mol. The zero-order valence-electron chi connectivity index (χ0n) is 12.2. The first-order valence-corrected chi connectivity index (χ1v) is 7.76. The summed E-state index contributed by atoms with van der Waals surface area (Å²) in [5.74, 6) is -0.129. The van der Waals surface area contributed by atoms with Crippen molar-refractivity contribution in [2.45, 2.75) is 26.0 Å². The number of morpholine rings is 1. The van der Waals surface area contributed by atoms with E-state index in [1.807, 2.05) is 24.8 Å². The van der Waals surface area contributed by atoms with Crippen molar-refractivity contribution >= 4 is 29.1 Å². The maximum Gasteiger partial charge on any atom is 0.227 e. The van der Waals surface area contributed by atoms with Gasteiger partial charge in [0.1, 0.15) is 6.10 Å². The standard InChI is InChI=1S/C15H20Cl2N2O2/c1-9(10(2)18)15(20)19-5-6-21-14(8-19)11-3-4-12(16)13(17)7-11/h3-4,7,9-10,14H,5-6,8,18H2,1-2H3. The molecule has 1 heterocycles. The normalized spacial score (nSPS) is 22.0. The monoisotopic (exact) mass is 330 g/mol. The lowest BCUT2D eigenvalue weighted by Gasteiger charge is -2.35. The number of carbonyl (C=O) groups excluding carboxylic acids is 1. The van der Waals surface area contributed by atoms with Gasteiger partial charge in [0.25, 0.3) is 0 Å². The molecule has 2 N–H and O–H groups in total. The van der Waals surface area contributed by atoms with Gasteiger partial charge in [-0.1, -0.05) is 36.2 Å². The van der Waals surface area contributed by atoms with Gasteiger partial charge < -0.3 is 15.4 Å². The summed E-state index contributed by atoms with van der Waals surface area (Å²) in [4.78, 5) is 14.2. The van der Waals surface area contributed by atoms with Crippen molar-refractivity contribution in [3.63, 3.8) is 0 Å². The molecule has 1 fully saturated rings. The van der Waals surface area contributed by atoms with Gasteiger partial charge in [-0.2, -0.15) is 0 Å². The van der Waals surface area contributed by atoms with Gasteiger partial charge in [-0.15, -0.1) is 0 Å². The number of hydrogen-bond donors (Lipinski definition) is 1. The number of carbonyl (C=O) groups is 1. The second kappa shape index (κ2) is 6.97. The maximum atomic E-state index is 12.4. The zero-order chi connectivity index (χ0) is 15.6. The molecule has 6 heteroatoms. The molecule has 0 saturated carbocycles. The molecule has 1 aliphatic rings. The third-order valence-corrected chi connectivity index (χ3v) is 4.61. The molecule has 1 aromatic rings. The molecule has 1 saturated heterocycles. The second-order valence-corrected chi connectivity index (χ2v) is 6.28. The molecule has 4 nitrogen and oxygen atoms in total. The molecule has 21 heavy (non-hydrogen) atoms. The van der Waals surface area contributed by atoms with Crippen LogP contribution in [0, 0.1) is 5.92 Å². The highest BCUT2D eigenvalue weighted by Crippen LogP contribution is 2.29. The third kappa shape index (κ3) is 3.89. The Morgan fingerprint density at radius 1 is 1.38 bits per heavy atom. The quantitative estimate of drug-likeness (QED) is 0.927. The first kappa shape index (κ1) is 16.6. The minimum Gasteiger partial charge on any atom is -0.370 e. The summed E-state index contributed by atoms with van der Waals surface area (Å²) in [6.07, 6.45) is -0.183. The summed E-state index contributed by atoms with van der Waals surface area (Å²) < 4.78 is 5.75. The van der Waals surface area contributed by atoms with Crippen LogP contribution in [-0.4, -0.2) is 36.5 Å². The molecular formula is C15H20Cl2N2O2. The van der Waals surface area contributed by atoms with E-state index in [2.05, 4.69) is 0 Å². The van der Waals surface area contributed by atoms with Gasteiger partial charge >= 0.3 is 0 Å². The van der Waals surface area contributed by atoms with E-state index in [0.29, 0.717) is 29.7 Å². The highest BCUT2D eigenvalue weighted by Gasteiger charge is 2.29. The van der Waals surface area contributed by atoms with Gasteiger partial charge in [0, 0.05) is 12.6 Å². The number of nitrogens with two attached hydrogens (primary N) is 1. The molecule has 0 bridgehead atoms. The fourth-order valence-corrected chi connectivity index (χ4v) is 2.58. The first-order chi connectivity index (χ1) is 9.90. The Morgan fingerprint density at radius 2 is 2.10 bits per heavy atom. The number of nitrogens with zero attached hydrogens (tertiary/aromatic N) is 1. The van der Waals surface area contributed by atoms with E-state index in [0.717, 1.165) is 5.56 Å². The topological polar surface area (TPSA) is 55.6 Å². The van der Waals surface area contributed by atoms with Crippen LogP contribution in [0.15, 0.2) is 18.2 Å². The number of hydrogen-bond acceptors (Lipinski definition) is 3. The van der Waals surface area contributed by atoms with Crippen molar-refractivity contribution in [3.8, 4) is 0 Å². The molecule has 0 aliphatic carbocycles. The van der Waals surface area contributed by atoms with Gasteiger partial charge in [0.05, 0.1) is 29.1 Å². The minimum absolute atomic E-state index is 0.0679. The van der Waals surface area contributed by atoms with E-state index in [1.165, 1.54) is 0 Å². The van der Waals surface area contributed by atoms with Crippen LogP contribution in [0.1, 0.15) is 25.5 Å². The Balaban J connectivity index is 2.10. The first-order valence-electron chi connectivity index (χ1n) is 7.01. The molecule has 0 spiro atoms. The van der Waals surface area contributed by atoms with Crippen molar-refractivity contribution in [2.24, 2.45) is 11.7 Å². The fraction of sp³-hybridized carbons (Fsp3) is 0.533. The molecule has 1 aromatic carbocycles. The van der Waals surface area contributed by atoms with Gasteiger partial charge in [-0.05, 0) is 24.6 Å². The van der Waals surface area contributed by atoms with Gasteiger partial charge in [0.2, 0.25) is 5.91 Å². The van der Waals surface area contributed by atoms with Crippen molar-refractivity contribution in [3.05, 3.63) is 33.8 Å². The number of benzene rings is 1. The molecule has 2 rings (SSSR count). The molecule has 1 aliphatic heterocycles. The highest BCUT2D eigenvalue weighted by molar-refractivity contribution is 6.42. The lowest BCUT2D eigenvalue weighted by atomic mass is 10.0. The van der Waals surface area contributed by atoms with Crippen LogP contribution < -0.4 is 5.73 Å². The Morgan fingerprint density at radius 3 is 2.71 bits per heavy atom. The van der Waals surface area contributed by atoms with Crippen molar-refractivity contribution in [1.29, 1.82) is 0 Å². The van der Waals surface area contributed by atoms with E-state index in [1.54, 1.807) is 12.1 Å². The van der Waals surface area contributed by atoms with E-state index in [4.69, 9.17) is 33.7 Å². The van der Waals surface area contributed by atoms with Gasteiger partial charge in [-0.3, -0.25) is 4.79 Å². The summed E-state index contributed by atoms with van der Waals surface area (Å²) in [6, 6.07) is 5.25. The van der Waals surface area contributed by atoms with Crippen LogP contribution >= 0.6 is 23.2 Å². The number of ether oxygens (including phenoxy) is 1. The molecule has 1 amide bonds. The number of rotatable bonds is 3. The number of halogens is 2. The summed E-state index contributed by atoms with van der Waals surface area (Å²) in [5, 5.41) is 1.000. The minimum atomic E-state index is -0.197. The predicted molar refractivity (Wildman–Crippen MR) is 84.5 cm³/mol. The van der Waals surface area contributed by atoms with Crippen molar-refractivity contribution < 1.29 is 9.53 Å². The summed E-state index contributed by atoms with van der Waals surface area (Å²) in [7, 11) is 0. The molecule has 0 aromatic heterocycles. The molecule has 3 unspecified atom stereocenters. The van der Waals surface area contributed by atoms with Crippen LogP contribution in [-0.2, 0) is 9.53 Å². The lowest BCUT2D eigenvalue weighted by molar-refractivity contribution is -0.143. The van der Waals surface area contributed by atoms with E-state index >= 15 is 0 Å². The summed E-state index contributed by atoms with van der Waals surface area (Å²) in [6.45, 7) is 5.31. The summed E-state index contributed by atoms with van der Waals surface area (Å²) >= 11 is 12.0. The van der Waals surface area contributed by atoms with Crippen LogP contribution in [0.4, 0.5) is 0 Å². The third-order valence-electron chi connectivity index (χ3n) is 3.87. The average Bonchev–Trinajstić information content (AvgIpc) is 2.48. The average molecular weight is 331 g/mol. The van der Waals surface area contributed by atoms with E-state index in [-0.39, 0.29) is 24.0 Å². The van der Waals surface area contributed by atoms with Crippen LogP contribution in [0.25, 0.3) is 0 Å². The van der Waals surface area contributed by atoms with Crippen molar-refractivity contribution in [2.75, 3.05) is 19.7 Å². The fourth-order valence-electron chi connectivity index (χ4n) is 2.28. The largest absolute Gasteiger partial charge is 0.370 e. The van der Waals surface area contributed by atoms with E-state index < -0.39 is 0 Å². The Kier molecular flexibility index (Phi) is 5.49. The predicted octanol–water partition coefficient (Wildman–Crippen LogP) is 2.88. The molecule has 0 radical (unpaired) electrons. The Bertz CT molecular complexity index is 522. The van der Waals surface area contributed by atoms with E-state index in [9.17, 15) is 4.79 Å². The highest BCUT2D eigenvalue weighted by atomic mass is 35.5. The van der Waals surface area contributed by atoms with Crippen LogP contribution in [0.3, 0.4) is 0 Å². The van der Waals surface area contributed by atoms with Gasteiger partial charge in [0.15, 0.2) is 0 Å². The molecule has 116 valence electrons. The van der Waals surface area contributed by atoms with Gasteiger partial charge in [-0.25, -0.2) is 0 Å². The second-order valence-electron chi connectivity index (χ2n) is 5.47. The SMILES string of the molecule is CC(N)C(C)C(=O)N1CCOC(c2ccc(Cl)c(Cl)c2)C1. The zero-order valence-corrected chi connectivity index (χ0v) is 13.7. The summed E-state index contributed by atoms with van der Waals surface area (Å²) in [5.41, 5.74) is 6.74. The lowest BCUT2D eigenvalue weighted by Crippen LogP contribution is -2.47. The molecule has 3 atom stereocenters. The van der Waals surface area contributed by atoms with Crippen LogP contribution in [0.2, 0.25) is 10.0 Å². The maximum absolute atomic E-state index is 12.4. The smallest absolute Gasteiger partial charge is 0.227 e. The van der Waals surface area contributed by atoms with Crippen molar-refractivity contribution in [1.82, 2.24) is 4.90 Å². The Labute approximate surface area is 135 Å². The van der Waals surface area contributed by atoms with Crippen LogP contribution in [0.5, 0.6) is 0 Å². The Hall–Kier alpha value is -0.810.